The summed E-state index contributed by atoms with van der Waals surface area (Å²) in [5.41, 5.74) is 3.61. The lowest BCUT2D eigenvalue weighted by Crippen LogP contribution is -2.35. The van der Waals surface area contributed by atoms with Crippen LogP contribution in [0.2, 0.25) is 6.82 Å². The van der Waals surface area contributed by atoms with Gasteiger partial charge < -0.3 is 14.4 Å². The van der Waals surface area contributed by atoms with Gasteiger partial charge in [-0.15, -0.1) is 0 Å². The van der Waals surface area contributed by atoms with Crippen molar-refractivity contribution in [2.45, 2.75) is 44.3 Å². The van der Waals surface area contributed by atoms with Crippen molar-refractivity contribution in [1.29, 1.82) is 1.43 Å². The molecule has 1 aromatic carbocycles. The highest BCUT2D eigenvalue weighted by atomic mass is 33.1. The summed E-state index contributed by atoms with van der Waals surface area (Å²) in [4.78, 5) is 3.17. The molecule has 0 unspecified atom stereocenters. The first-order chi connectivity index (χ1) is 9.34. The molecule has 2 N–H and O–H groups in total. The Morgan fingerprint density at radius 1 is 1.42 bits per heavy atom. The molecule has 1 heterocycles. The van der Waals surface area contributed by atoms with Crippen LogP contribution in [0.4, 0.5) is 5.69 Å². The molecule has 0 saturated heterocycles. The number of anilines is 1. The van der Waals surface area contributed by atoms with Gasteiger partial charge in [-0.1, -0.05) is 20.8 Å². The van der Waals surface area contributed by atoms with E-state index in [-0.39, 0.29) is 5.41 Å². The number of nitrogens with zero attached hydrogens (tertiary/aromatic N) is 1. The zero-order valence-corrected chi connectivity index (χ0v) is 13.4. The first kappa shape index (κ1) is 13.7. The van der Waals surface area contributed by atoms with E-state index in [1.807, 2.05) is 4.81 Å². The first-order valence-corrected chi connectivity index (χ1v) is 8.50. The molecular formula is C13H20BNO2S2. The fourth-order valence-corrected chi connectivity index (χ4v) is 3.87. The molecule has 1 aliphatic rings. The summed E-state index contributed by atoms with van der Waals surface area (Å²) in [5.74, 6) is 0. The van der Waals surface area contributed by atoms with Gasteiger partial charge in [-0.25, -0.2) is 0 Å². The van der Waals surface area contributed by atoms with Gasteiger partial charge >= 0.3 is 7.05 Å². The molecule has 0 saturated carbocycles. The van der Waals surface area contributed by atoms with Gasteiger partial charge in [-0.3, -0.25) is 0 Å². The molecular weight excluding hydrogens is 277 g/mol. The van der Waals surface area contributed by atoms with Crippen molar-refractivity contribution in [3.05, 3.63) is 23.3 Å². The lowest BCUT2D eigenvalue weighted by atomic mass is 9.83. The maximum atomic E-state index is 9.88. The van der Waals surface area contributed by atoms with Crippen LogP contribution >= 0.6 is 21.9 Å². The summed E-state index contributed by atoms with van der Waals surface area (Å²) in [6.07, 6.45) is 0.949. The molecule has 0 atom stereocenters. The standard InChI is InChI=1S/C13H20BNO2S2/c1-13(2,3)10-8-11-9(7-12(10)18-19-17)5-6-15(11)14(4)16/h7-8,16-17H,5-6H2,1-4H3/i/hT. The Hall–Kier alpha value is -0.295. The van der Waals surface area contributed by atoms with E-state index < -0.39 is 7.05 Å². The van der Waals surface area contributed by atoms with Gasteiger partial charge in [-0.05, 0) is 52.7 Å². The topological polar surface area (TPSA) is 43.7 Å². The second-order valence-electron chi connectivity index (χ2n) is 5.95. The maximum Gasteiger partial charge on any atom is 0.409 e. The summed E-state index contributed by atoms with van der Waals surface area (Å²) >= 11 is 1.06. The number of rotatable bonds is 4. The van der Waals surface area contributed by atoms with Gasteiger partial charge in [-0.2, -0.15) is 0 Å². The normalized spacial score (nSPS) is 15.4. The lowest BCUT2D eigenvalue weighted by molar-refractivity contribution is 0.570. The molecule has 0 fully saturated rings. The number of hydrogen-bond acceptors (Lipinski definition) is 5. The van der Waals surface area contributed by atoms with E-state index in [2.05, 4.69) is 37.5 Å². The first-order valence-electron chi connectivity index (χ1n) is 6.84. The molecule has 3 nitrogen and oxygen atoms in total. The SMILES string of the molecule is [3H]OSSc1cc2c(cc1C(C)(C)C)N(B(C)O)CC2. The van der Waals surface area contributed by atoms with E-state index in [0.29, 0.717) is 0 Å². The van der Waals surface area contributed by atoms with Gasteiger partial charge in [0, 0.05) is 17.1 Å². The lowest BCUT2D eigenvalue weighted by Gasteiger charge is -2.26. The van der Waals surface area contributed by atoms with Crippen LogP contribution in [-0.4, -0.2) is 23.2 Å². The third-order valence-corrected chi connectivity index (χ3v) is 4.82. The van der Waals surface area contributed by atoms with E-state index in [4.69, 9.17) is 1.43 Å². The van der Waals surface area contributed by atoms with Crippen LogP contribution in [0.25, 0.3) is 1.43 Å². The number of hydrogen-bond donors (Lipinski definition) is 2. The highest BCUT2D eigenvalue weighted by Gasteiger charge is 2.29. The number of benzene rings is 1. The van der Waals surface area contributed by atoms with Gasteiger partial charge in [0.25, 0.3) is 0 Å². The van der Waals surface area contributed by atoms with Crippen molar-refractivity contribution < 1.29 is 9.58 Å². The van der Waals surface area contributed by atoms with Crippen LogP contribution in [0.15, 0.2) is 17.0 Å². The molecule has 1 aromatic rings. The van der Waals surface area contributed by atoms with Gasteiger partial charge in [0.15, 0.2) is 0 Å². The Bertz CT molecular complexity index is 494. The smallest absolute Gasteiger partial charge is 0.409 e. The number of fused-ring (bicyclic) bond motifs is 1. The van der Waals surface area contributed by atoms with Crippen molar-refractivity contribution in [3.63, 3.8) is 0 Å². The molecule has 0 aromatic heterocycles. The Balaban J connectivity index is 2.45. The second kappa shape index (κ2) is 5.60. The van der Waals surface area contributed by atoms with Crippen molar-refractivity contribution in [1.82, 2.24) is 0 Å². The minimum absolute atomic E-state index is 0.00685. The summed E-state index contributed by atoms with van der Waals surface area (Å²) in [7, 11) is 1.01. The average molecular weight is 299 g/mol. The van der Waals surface area contributed by atoms with Crippen LogP contribution in [0.5, 0.6) is 0 Å². The van der Waals surface area contributed by atoms with E-state index >= 15 is 0 Å². The van der Waals surface area contributed by atoms with Crippen molar-refractivity contribution in [2.75, 3.05) is 11.4 Å². The van der Waals surface area contributed by atoms with Crippen LogP contribution in [0.3, 0.4) is 0 Å². The predicted octanol–water partition coefficient (Wildman–Crippen LogP) is 3.67. The average Bonchev–Trinajstić information content (AvgIpc) is 2.76. The van der Waals surface area contributed by atoms with Crippen LogP contribution < -0.4 is 4.81 Å². The van der Waals surface area contributed by atoms with Crippen LogP contribution in [-0.2, 0) is 11.8 Å². The van der Waals surface area contributed by atoms with Crippen molar-refractivity contribution in [3.8, 4) is 0 Å². The Morgan fingerprint density at radius 3 is 2.74 bits per heavy atom. The van der Waals surface area contributed by atoms with Gasteiger partial charge in [0.1, 0.15) is 0 Å². The Labute approximate surface area is 125 Å². The molecule has 6 heteroatoms. The highest BCUT2D eigenvalue weighted by molar-refractivity contribution is 8.74. The minimum Gasteiger partial charge on any atom is -0.432 e. The minimum atomic E-state index is -0.464. The maximum absolute atomic E-state index is 9.88. The van der Waals surface area contributed by atoms with Crippen LogP contribution in [0, 0.1) is 0 Å². The third-order valence-electron chi connectivity index (χ3n) is 3.50. The largest absolute Gasteiger partial charge is 0.432 e. The van der Waals surface area contributed by atoms with E-state index in [9.17, 15) is 5.02 Å². The molecule has 0 spiro atoms. The van der Waals surface area contributed by atoms with E-state index in [1.54, 1.807) is 6.82 Å². The zero-order chi connectivity index (χ0) is 14.9. The quantitative estimate of drug-likeness (QED) is 0.504. The monoisotopic (exact) mass is 299 g/mol. The van der Waals surface area contributed by atoms with Gasteiger partial charge in [0.2, 0.25) is 1.43 Å². The van der Waals surface area contributed by atoms with Crippen molar-refractivity contribution >= 4 is 34.6 Å². The van der Waals surface area contributed by atoms with E-state index in [1.165, 1.54) is 21.9 Å². The summed E-state index contributed by atoms with van der Waals surface area (Å²) in [5, 5.41) is 9.88. The highest BCUT2D eigenvalue weighted by Crippen LogP contribution is 2.42. The molecule has 19 heavy (non-hydrogen) atoms. The van der Waals surface area contributed by atoms with Gasteiger partial charge in [0.05, 0.1) is 11.1 Å². The molecule has 0 amide bonds. The molecule has 0 aliphatic carbocycles. The molecule has 104 valence electrons. The molecule has 1 aliphatic heterocycles. The fourth-order valence-electron chi connectivity index (χ4n) is 2.52. The Kier molecular flexibility index (Phi) is 4.03. The molecule has 2 rings (SSSR count). The summed E-state index contributed by atoms with van der Waals surface area (Å²) in [6.45, 7) is 9.18. The predicted molar refractivity (Wildman–Crippen MR) is 86.1 cm³/mol. The second-order valence-corrected chi connectivity index (χ2v) is 7.60. The van der Waals surface area contributed by atoms with Crippen molar-refractivity contribution in [2.24, 2.45) is 0 Å². The van der Waals surface area contributed by atoms with Crippen LogP contribution in [0.1, 0.15) is 31.9 Å². The molecule has 0 bridgehead atoms. The molecule has 0 radical (unpaired) electrons. The third kappa shape index (κ3) is 3.07. The Morgan fingerprint density at radius 2 is 2.16 bits per heavy atom. The van der Waals surface area contributed by atoms with E-state index in [0.717, 1.165) is 34.6 Å². The summed E-state index contributed by atoms with van der Waals surface area (Å²) in [6, 6.07) is 4.36. The zero-order valence-electron chi connectivity index (χ0n) is 12.8. The summed E-state index contributed by atoms with van der Waals surface area (Å²) < 4.78 is 11.2. The fraction of sp³-hybridized carbons (Fsp3) is 0.538.